The van der Waals surface area contributed by atoms with Gasteiger partial charge in [0.1, 0.15) is 0 Å². The van der Waals surface area contributed by atoms with Gasteiger partial charge in [0.25, 0.3) is 0 Å². The summed E-state index contributed by atoms with van der Waals surface area (Å²) in [5, 5.41) is 4.23. The van der Waals surface area contributed by atoms with E-state index in [9.17, 15) is 4.79 Å². The second kappa shape index (κ2) is 8.40. The fourth-order valence-electron chi connectivity index (χ4n) is 2.83. The van der Waals surface area contributed by atoms with Crippen molar-refractivity contribution < 1.29 is 4.79 Å². The summed E-state index contributed by atoms with van der Waals surface area (Å²) in [6.45, 7) is 4.44. The normalized spacial score (nSPS) is 18.5. The molecular formula is C17H25ClN2O. The van der Waals surface area contributed by atoms with Crippen molar-refractivity contribution in [3.63, 3.8) is 0 Å². The van der Waals surface area contributed by atoms with Crippen molar-refractivity contribution in [3.05, 3.63) is 34.9 Å². The molecule has 0 radical (unpaired) electrons. The van der Waals surface area contributed by atoms with E-state index in [1.165, 1.54) is 19.3 Å². The molecule has 1 aliphatic heterocycles. The van der Waals surface area contributed by atoms with Crippen LogP contribution in [0.2, 0.25) is 5.02 Å². The van der Waals surface area contributed by atoms with Crippen molar-refractivity contribution in [2.24, 2.45) is 0 Å². The summed E-state index contributed by atoms with van der Waals surface area (Å²) < 4.78 is 0. The molecule has 2 rings (SSSR count). The molecule has 1 unspecified atom stereocenters. The summed E-state index contributed by atoms with van der Waals surface area (Å²) in [6.07, 6.45) is 5.30. The average Bonchev–Trinajstić information content (AvgIpc) is 2.53. The molecule has 1 aromatic rings. The van der Waals surface area contributed by atoms with Crippen LogP contribution in [0.4, 0.5) is 0 Å². The SMILES string of the molecule is CCN(Cc1ccccc1Cl)C(=O)CCC1CCCCN1. The Balaban J connectivity index is 1.85. The Labute approximate surface area is 132 Å². The minimum atomic E-state index is 0.227. The number of nitrogens with zero attached hydrogens (tertiary/aromatic N) is 1. The summed E-state index contributed by atoms with van der Waals surface area (Å²) >= 11 is 6.18. The van der Waals surface area contributed by atoms with Crippen LogP contribution in [0.1, 0.15) is 44.6 Å². The van der Waals surface area contributed by atoms with E-state index in [2.05, 4.69) is 5.32 Å². The van der Waals surface area contributed by atoms with Gasteiger partial charge in [0.2, 0.25) is 5.91 Å². The van der Waals surface area contributed by atoms with Crippen LogP contribution in [0, 0.1) is 0 Å². The number of hydrogen-bond donors (Lipinski definition) is 1. The van der Waals surface area contributed by atoms with E-state index in [1.807, 2.05) is 36.1 Å². The monoisotopic (exact) mass is 308 g/mol. The van der Waals surface area contributed by atoms with Gasteiger partial charge in [-0.1, -0.05) is 36.2 Å². The van der Waals surface area contributed by atoms with Gasteiger partial charge in [0, 0.05) is 30.6 Å². The highest BCUT2D eigenvalue weighted by molar-refractivity contribution is 6.31. The molecule has 21 heavy (non-hydrogen) atoms. The maximum absolute atomic E-state index is 12.4. The molecule has 116 valence electrons. The van der Waals surface area contributed by atoms with Gasteiger partial charge >= 0.3 is 0 Å². The lowest BCUT2D eigenvalue weighted by atomic mass is 10.0. The second-order valence-electron chi connectivity index (χ2n) is 5.68. The van der Waals surface area contributed by atoms with E-state index in [1.54, 1.807) is 0 Å². The quantitative estimate of drug-likeness (QED) is 0.870. The van der Waals surface area contributed by atoms with Crippen LogP contribution < -0.4 is 5.32 Å². The Morgan fingerprint density at radius 1 is 1.38 bits per heavy atom. The van der Waals surface area contributed by atoms with Crippen molar-refractivity contribution in [2.75, 3.05) is 13.1 Å². The van der Waals surface area contributed by atoms with Crippen molar-refractivity contribution in [3.8, 4) is 0 Å². The van der Waals surface area contributed by atoms with Gasteiger partial charge < -0.3 is 10.2 Å². The maximum Gasteiger partial charge on any atom is 0.222 e. The summed E-state index contributed by atoms with van der Waals surface area (Å²) in [7, 11) is 0. The predicted molar refractivity (Wildman–Crippen MR) is 87.4 cm³/mol. The fourth-order valence-corrected chi connectivity index (χ4v) is 3.03. The lowest BCUT2D eigenvalue weighted by Gasteiger charge is -2.25. The van der Waals surface area contributed by atoms with E-state index in [0.29, 0.717) is 19.0 Å². The van der Waals surface area contributed by atoms with Gasteiger partial charge in [0.05, 0.1) is 0 Å². The summed E-state index contributed by atoms with van der Waals surface area (Å²) in [4.78, 5) is 14.3. The number of carbonyl (C=O) groups excluding carboxylic acids is 1. The van der Waals surface area contributed by atoms with Crippen LogP contribution in [0.3, 0.4) is 0 Å². The lowest BCUT2D eigenvalue weighted by molar-refractivity contribution is -0.131. The standard InChI is InChI=1S/C17H25ClN2O/c1-2-20(13-14-7-3-4-9-16(14)18)17(21)11-10-15-8-5-6-12-19-15/h3-4,7,9,15,19H,2,5-6,8,10-13H2,1H3. The van der Waals surface area contributed by atoms with Crippen molar-refractivity contribution >= 4 is 17.5 Å². The Morgan fingerprint density at radius 3 is 2.86 bits per heavy atom. The number of piperidine rings is 1. The summed E-state index contributed by atoms with van der Waals surface area (Å²) in [5.74, 6) is 0.227. The van der Waals surface area contributed by atoms with Crippen molar-refractivity contribution in [2.45, 2.75) is 51.6 Å². The Bertz CT molecular complexity index is 458. The molecular weight excluding hydrogens is 284 g/mol. The zero-order chi connectivity index (χ0) is 15.1. The van der Waals surface area contributed by atoms with E-state index in [-0.39, 0.29) is 5.91 Å². The first-order valence-electron chi connectivity index (χ1n) is 7.95. The highest BCUT2D eigenvalue weighted by atomic mass is 35.5. The minimum Gasteiger partial charge on any atom is -0.339 e. The third-order valence-electron chi connectivity index (χ3n) is 4.17. The van der Waals surface area contributed by atoms with Gasteiger partial charge in [-0.25, -0.2) is 0 Å². The van der Waals surface area contributed by atoms with Crippen LogP contribution in [-0.2, 0) is 11.3 Å². The number of hydrogen-bond acceptors (Lipinski definition) is 2. The molecule has 1 fully saturated rings. The molecule has 1 aliphatic rings. The molecule has 4 heteroatoms. The first-order valence-corrected chi connectivity index (χ1v) is 8.33. The molecule has 1 atom stereocenters. The summed E-state index contributed by atoms with van der Waals surface area (Å²) in [5.41, 5.74) is 1.02. The Kier molecular flexibility index (Phi) is 6.52. The average molecular weight is 309 g/mol. The lowest BCUT2D eigenvalue weighted by Crippen LogP contribution is -2.36. The molecule has 1 amide bonds. The third-order valence-corrected chi connectivity index (χ3v) is 4.54. The van der Waals surface area contributed by atoms with Crippen LogP contribution in [0.25, 0.3) is 0 Å². The van der Waals surface area contributed by atoms with E-state index in [4.69, 9.17) is 11.6 Å². The van der Waals surface area contributed by atoms with Gasteiger partial charge in [0.15, 0.2) is 0 Å². The highest BCUT2D eigenvalue weighted by Crippen LogP contribution is 2.18. The molecule has 0 bridgehead atoms. The number of benzene rings is 1. The van der Waals surface area contributed by atoms with E-state index < -0.39 is 0 Å². The Hall–Kier alpha value is -1.06. The smallest absolute Gasteiger partial charge is 0.222 e. The second-order valence-corrected chi connectivity index (χ2v) is 6.09. The summed E-state index contributed by atoms with van der Waals surface area (Å²) in [6, 6.07) is 8.26. The van der Waals surface area contributed by atoms with Gasteiger partial charge in [-0.2, -0.15) is 0 Å². The Morgan fingerprint density at radius 2 is 2.19 bits per heavy atom. The number of carbonyl (C=O) groups is 1. The van der Waals surface area contributed by atoms with Gasteiger partial charge in [-0.3, -0.25) is 4.79 Å². The number of halogens is 1. The molecule has 1 aromatic carbocycles. The van der Waals surface area contributed by atoms with Crippen molar-refractivity contribution in [1.82, 2.24) is 10.2 Å². The number of nitrogens with one attached hydrogen (secondary N) is 1. The first kappa shape index (κ1) is 16.3. The van der Waals surface area contributed by atoms with Crippen molar-refractivity contribution in [1.29, 1.82) is 0 Å². The van der Waals surface area contributed by atoms with Gasteiger partial charge in [-0.05, 0) is 44.4 Å². The van der Waals surface area contributed by atoms with Crippen LogP contribution in [-0.4, -0.2) is 29.9 Å². The number of rotatable bonds is 6. The predicted octanol–water partition coefficient (Wildman–Crippen LogP) is 3.61. The molecule has 0 aliphatic carbocycles. The first-order chi connectivity index (χ1) is 10.2. The van der Waals surface area contributed by atoms with Crippen LogP contribution >= 0.6 is 11.6 Å². The molecule has 1 saturated heterocycles. The molecule has 0 spiro atoms. The maximum atomic E-state index is 12.4. The highest BCUT2D eigenvalue weighted by Gasteiger charge is 2.17. The number of amides is 1. The molecule has 3 nitrogen and oxygen atoms in total. The molecule has 1 N–H and O–H groups in total. The third kappa shape index (κ3) is 5.01. The fraction of sp³-hybridized carbons (Fsp3) is 0.588. The largest absolute Gasteiger partial charge is 0.339 e. The zero-order valence-corrected chi connectivity index (χ0v) is 13.5. The molecule has 0 saturated carbocycles. The van der Waals surface area contributed by atoms with E-state index in [0.717, 1.165) is 30.1 Å². The van der Waals surface area contributed by atoms with E-state index >= 15 is 0 Å². The molecule has 0 aromatic heterocycles. The molecule has 1 heterocycles. The van der Waals surface area contributed by atoms with Crippen LogP contribution in [0.5, 0.6) is 0 Å². The van der Waals surface area contributed by atoms with Gasteiger partial charge in [-0.15, -0.1) is 0 Å². The van der Waals surface area contributed by atoms with Crippen LogP contribution in [0.15, 0.2) is 24.3 Å². The minimum absolute atomic E-state index is 0.227. The topological polar surface area (TPSA) is 32.3 Å². The zero-order valence-electron chi connectivity index (χ0n) is 12.8.